The molecule has 0 aliphatic rings. The lowest BCUT2D eigenvalue weighted by Gasteiger charge is -1.97. The van der Waals surface area contributed by atoms with Crippen LogP contribution in [0.5, 0.6) is 0 Å². The number of rotatable bonds is 2. The number of nitrogens with zero attached hydrogens (tertiary/aromatic N) is 1. The van der Waals surface area contributed by atoms with Gasteiger partial charge in [-0.05, 0) is 24.3 Å². The van der Waals surface area contributed by atoms with Crippen molar-refractivity contribution in [1.82, 2.24) is 9.97 Å². The Morgan fingerprint density at radius 3 is 2.57 bits per heavy atom. The van der Waals surface area contributed by atoms with Crippen LogP contribution in [-0.2, 0) is 0 Å². The molecule has 0 atom stereocenters. The Hall–Kier alpha value is -2.10. The summed E-state index contributed by atoms with van der Waals surface area (Å²) in [6, 6.07) is 6.74. The number of aromatic nitrogens is 2. The second-order valence-electron chi connectivity index (χ2n) is 2.89. The zero-order valence-electron chi connectivity index (χ0n) is 7.40. The van der Waals surface area contributed by atoms with Gasteiger partial charge in [0.1, 0.15) is 0 Å². The first-order chi connectivity index (χ1) is 6.77. The Labute approximate surface area is 80.8 Å². The van der Waals surface area contributed by atoms with Crippen LogP contribution in [0.15, 0.2) is 36.7 Å². The summed E-state index contributed by atoms with van der Waals surface area (Å²) in [4.78, 5) is 18.3. The first-order valence-corrected chi connectivity index (χ1v) is 4.17. The van der Waals surface area contributed by atoms with Gasteiger partial charge in [0.2, 0.25) is 5.78 Å². The van der Waals surface area contributed by atoms with Gasteiger partial charge in [0, 0.05) is 23.6 Å². The molecule has 4 heteroatoms. The van der Waals surface area contributed by atoms with Gasteiger partial charge < -0.3 is 10.7 Å². The Morgan fingerprint density at radius 1 is 1.29 bits per heavy atom. The molecule has 0 amide bonds. The molecular formula is C10H9N3O. The molecule has 0 spiro atoms. The van der Waals surface area contributed by atoms with Crippen LogP contribution in [0, 0.1) is 0 Å². The van der Waals surface area contributed by atoms with E-state index in [-0.39, 0.29) is 5.78 Å². The van der Waals surface area contributed by atoms with Crippen molar-refractivity contribution in [1.29, 1.82) is 0 Å². The van der Waals surface area contributed by atoms with Crippen LogP contribution >= 0.6 is 0 Å². The van der Waals surface area contributed by atoms with Gasteiger partial charge in [-0.1, -0.05) is 0 Å². The van der Waals surface area contributed by atoms with Gasteiger partial charge in [-0.3, -0.25) is 4.79 Å². The summed E-state index contributed by atoms with van der Waals surface area (Å²) in [5.41, 5.74) is 6.73. The Bertz CT molecular complexity index is 431. The smallest absolute Gasteiger partial charge is 0.228 e. The number of H-pyrrole nitrogens is 1. The topological polar surface area (TPSA) is 71.8 Å². The number of hydrogen-bond donors (Lipinski definition) is 2. The van der Waals surface area contributed by atoms with Crippen LogP contribution < -0.4 is 5.73 Å². The fourth-order valence-corrected chi connectivity index (χ4v) is 1.16. The van der Waals surface area contributed by atoms with Crippen molar-refractivity contribution in [3.8, 4) is 0 Å². The number of imidazole rings is 1. The molecule has 2 aromatic rings. The first-order valence-electron chi connectivity index (χ1n) is 4.17. The molecule has 1 aromatic carbocycles. The summed E-state index contributed by atoms with van der Waals surface area (Å²) in [5.74, 6) is 0.213. The average Bonchev–Trinajstić information content (AvgIpc) is 2.71. The van der Waals surface area contributed by atoms with E-state index < -0.39 is 0 Å². The van der Waals surface area contributed by atoms with Gasteiger partial charge in [-0.2, -0.15) is 0 Å². The van der Waals surface area contributed by atoms with Crippen molar-refractivity contribution in [2.45, 2.75) is 0 Å². The second kappa shape index (κ2) is 3.33. The van der Waals surface area contributed by atoms with E-state index in [2.05, 4.69) is 9.97 Å². The third-order valence-corrected chi connectivity index (χ3v) is 1.89. The normalized spacial score (nSPS) is 10.0. The summed E-state index contributed by atoms with van der Waals surface area (Å²) in [6.07, 6.45) is 3.16. The number of nitrogens with one attached hydrogen (secondary N) is 1. The minimum atomic E-state index is -0.130. The van der Waals surface area contributed by atoms with E-state index in [0.29, 0.717) is 17.1 Å². The molecule has 1 heterocycles. The maximum Gasteiger partial charge on any atom is 0.228 e. The molecule has 70 valence electrons. The minimum absolute atomic E-state index is 0.130. The van der Waals surface area contributed by atoms with Crippen molar-refractivity contribution in [3.63, 3.8) is 0 Å². The molecule has 0 fully saturated rings. The van der Waals surface area contributed by atoms with Crippen molar-refractivity contribution < 1.29 is 4.79 Å². The van der Waals surface area contributed by atoms with Gasteiger partial charge in [-0.25, -0.2) is 4.98 Å². The lowest BCUT2D eigenvalue weighted by atomic mass is 10.1. The SMILES string of the molecule is Nc1ccc(C(=O)c2ncc[nH]2)cc1. The van der Waals surface area contributed by atoms with Crippen LogP contribution in [0.3, 0.4) is 0 Å². The van der Waals surface area contributed by atoms with Crippen LogP contribution in [0.2, 0.25) is 0 Å². The third-order valence-electron chi connectivity index (χ3n) is 1.89. The van der Waals surface area contributed by atoms with Crippen molar-refractivity contribution in [2.24, 2.45) is 0 Å². The average molecular weight is 187 g/mol. The van der Waals surface area contributed by atoms with Crippen molar-refractivity contribution in [3.05, 3.63) is 48.0 Å². The molecule has 0 aliphatic carbocycles. The number of anilines is 1. The molecule has 14 heavy (non-hydrogen) atoms. The quantitative estimate of drug-likeness (QED) is 0.548. The van der Waals surface area contributed by atoms with Crippen molar-refractivity contribution >= 4 is 11.5 Å². The van der Waals surface area contributed by atoms with Crippen LogP contribution in [-0.4, -0.2) is 15.8 Å². The highest BCUT2D eigenvalue weighted by molar-refractivity contribution is 6.06. The summed E-state index contributed by atoms with van der Waals surface area (Å²) >= 11 is 0. The summed E-state index contributed by atoms with van der Waals surface area (Å²) in [6.45, 7) is 0. The van der Waals surface area contributed by atoms with E-state index in [1.165, 1.54) is 0 Å². The number of carbonyl (C=O) groups is 1. The van der Waals surface area contributed by atoms with E-state index >= 15 is 0 Å². The number of nitrogens with two attached hydrogens (primary N) is 1. The zero-order chi connectivity index (χ0) is 9.97. The first kappa shape index (κ1) is 8.50. The Balaban J connectivity index is 2.33. The fraction of sp³-hybridized carbons (Fsp3) is 0. The molecule has 0 saturated carbocycles. The molecule has 0 saturated heterocycles. The lowest BCUT2D eigenvalue weighted by molar-refractivity contribution is 0.103. The second-order valence-corrected chi connectivity index (χ2v) is 2.89. The van der Waals surface area contributed by atoms with Crippen LogP contribution in [0.25, 0.3) is 0 Å². The number of aromatic amines is 1. The fourth-order valence-electron chi connectivity index (χ4n) is 1.16. The summed E-state index contributed by atoms with van der Waals surface area (Å²) < 4.78 is 0. The Morgan fingerprint density at radius 2 is 2.00 bits per heavy atom. The molecule has 0 unspecified atom stereocenters. The molecular weight excluding hydrogens is 178 g/mol. The van der Waals surface area contributed by atoms with Crippen LogP contribution in [0.4, 0.5) is 5.69 Å². The molecule has 2 rings (SSSR count). The predicted octanol–water partition coefficient (Wildman–Crippen LogP) is 1.22. The maximum absolute atomic E-state index is 11.7. The highest BCUT2D eigenvalue weighted by atomic mass is 16.1. The largest absolute Gasteiger partial charge is 0.399 e. The summed E-state index contributed by atoms with van der Waals surface area (Å²) in [7, 11) is 0. The standard InChI is InChI=1S/C10H9N3O/c11-8-3-1-7(2-4-8)9(14)10-12-5-6-13-10/h1-6H,11H2,(H,12,13). The molecule has 3 N–H and O–H groups in total. The van der Waals surface area contributed by atoms with Gasteiger partial charge in [0.25, 0.3) is 0 Å². The Kier molecular flexibility index (Phi) is 2.02. The van der Waals surface area contributed by atoms with Gasteiger partial charge in [0.05, 0.1) is 0 Å². The number of benzene rings is 1. The molecule has 0 aliphatic heterocycles. The number of ketones is 1. The van der Waals surface area contributed by atoms with E-state index in [0.717, 1.165) is 0 Å². The zero-order valence-corrected chi connectivity index (χ0v) is 7.40. The van der Waals surface area contributed by atoms with E-state index in [9.17, 15) is 4.79 Å². The maximum atomic E-state index is 11.7. The minimum Gasteiger partial charge on any atom is -0.399 e. The number of carbonyl (C=O) groups excluding carboxylic acids is 1. The van der Waals surface area contributed by atoms with E-state index in [1.807, 2.05) is 0 Å². The van der Waals surface area contributed by atoms with Crippen LogP contribution in [0.1, 0.15) is 16.2 Å². The van der Waals surface area contributed by atoms with Gasteiger partial charge in [0.15, 0.2) is 5.82 Å². The lowest BCUT2D eigenvalue weighted by Crippen LogP contribution is -2.03. The van der Waals surface area contributed by atoms with Gasteiger partial charge >= 0.3 is 0 Å². The van der Waals surface area contributed by atoms with Gasteiger partial charge in [-0.15, -0.1) is 0 Å². The molecule has 0 bridgehead atoms. The van der Waals surface area contributed by atoms with E-state index in [1.54, 1.807) is 36.7 Å². The highest BCUT2D eigenvalue weighted by Gasteiger charge is 2.09. The number of nitrogen functional groups attached to an aromatic ring is 1. The monoisotopic (exact) mass is 187 g/mol. The predicted molar refractivity (Wildman–Crippen MR) is 52.9 cm³/mol. The molecule has 0 radical (unpaired) electrons. The van der Waals surface area contributed by atoms with Crippen molar-refractivity contribution in [2.75, 3.05) is 5.73 Å². The molecule has 4 nitrogen and oxygen atoms in total. The number of hydrogen-bond acceptors (Lipinski definition) is 3. The highest BCUT2D eigenvalue weighted by Crippen LogP contribution is 2.08. The summed E-state index contributed by atoms with van der Waals surface area (Å²) in [5, 5.41) is 0. The molecule has 1 aromatic heterocycles. The van der Waals surface area contributed by atoms with E-state index in [4.69, 9.17) is 5.73 Å². The third kappa shape index (κ3) is 1.50.